The van der Waals surface area contributed by atoms with E-state index in [1.165, 1.54) is 11.1 Å². The van der Waals surface area contributed by atoms with Crippen LogP contribution in [0.1, 0.15) is 17.5 Å². The molecule has 0 bridgehead atoms. The number of benzene rings is 1. The monoisotopic (exact) mass is 325 g/mol. The average Bonchev–Trinajstić information content (AvgIpc) is 2.82. The first kappa shape index (κ1) is 14.5. The molecule has 104 valence electrons. The van der Waals surface area contributed by atoms with E-state index in [0.717, 1.165) is 19.3 Å². The Morgan fingerprint density at radius 2 is 2.05 bits per heavy atom. The lowest BCUT2D eigenvalue weighted by atomic mass is 10.1. The highest BCUT2D eigenvalue weighted by atomic mass is 79.9. The summed E-state index contributed by atoms with van der Waals surface area (Å²) in [5, 5.41) is 3.02. The molecule has 1 aromatic rings. The van der Waals surface area contributed by atoms with E-state index in [4.69, 9.17) is 4.74 Å². The number of carbonyl (C=O) groups is 1. The number of nitrogens with one attached hydrogen (secondary N) is 1. The van der Waals surface area contributed by atoms with E-state index < -0.39 is 0 Å². The van der Waals surface area contributed by atoms with Crippen LogP contribution in [0.2, 0.25) is 0 Å². The van der Waals surface area contributed by atoms with Crippen LogP contribution in [0.25, 0.3) is 0 Å². The van der Waals surface area contributed by atoms with Gasteiger partial charge in [-0.25, -0.2) is 0 Å². The van der Waals surface area contributed by atoms with Gasteiger partial charge in [-0.2, -0.15) is 0 Å². The summed E-state index contributed by atoms with van der Waals surface area (Å²) >= 11 is 3.52. The molecular weight excluding hydrogens is 306 g/mol. The number of carbonyl (C=O) groups excluding carboxylic acids is 1. The van der Waals surface area contributed by atoms with Crippen LogP contribution in [0, 0.1) is 5.92 Å². The van der Waals surface area contributed by atoms with Crippen LogP contribution < -0.4 is 5.32 Å². The first-order valence-electron chi connectivity index (χ1n) is 6.68. The molecule has 4 heteroatoms. The summed E-state index contributed by atoms with van der Waals surface area (Å²) in [6.45, 7) is 1.37. The summed E-state index contributed by atoms with van der Waals surface area (Å²) < 4.78 is 5.04. The molecule has 2 rings (SSSR count). The maximum Gasteiger partial charge on any atom is 0.223 e. The Bertz CT molecular complexity index is 411. The van der Waals surface area contributed by atoms with Gasteiger partial charge in [0.25, 0.3) is 0 Å². The number of rotatable bonds is 6. The molecule has 1 N–H and O–H groups in total. The Hall–Kier alpha value is -0.870. The molecule has 1 aliphatic carbocycles. The van der Waals surface area contributed by atoms with E-state index >= 15 is 0 Å². The van der Waals surface area contributed by atoms with Gasteiger partial charge >= 0.3 is 0 Å². The number of hydrogen-bond donors (Lipinski definition) is 1. The van der Waals surface area contributed by atoms with Crippen molar-refractivity contribution < 1.29 is 9.53 Å². The maximum atomic E-state index is 12.1. The summed E-state index contributed by atoms with van der Waals surface area (Å²) in [5.41, 5.74) is 2.64. The summed E-state index contributed by atoms with van der Waals surface area (Å²) in [4.78, 5) is 12.4. The van der Waals surface area contributed by atoms with Crippen molar-refractivity contribution in [2.24, 2.45) is 5.92 Å². The highest BCUT2D eigenvalue weighted by Gasteiger charge is 2.26. The molecule has 0 spiro atoms. The van der Waals surface area contributed by atoms with Crippen molar-refractivity contribution in [3.8, 4) is 0 Å². The van der Waals surface area contributed by atoms with Gasteiger partial charge in [0.15, 0.2) is 0 Å². The number of alkyl halides is 1. The van der Waals surface area contributed by atoms with Crippen molar-refractivity contribution in [3.05, 3.63) is 35.4 Å². The topological polar surface area (TPSA) is 38.3 Å². The van der Waals surface area contributed by atoms with Crippen molar-refractivity contribution in [1.29, 1.82) is 0 Å². The summed E-state index contributed by atoms with van der Waals surface area (Å²) in [6, 6.07) is 8.32. The molecular formula is C15H20BrNO2. The van der Waals surface area contributed by atoms with Crippen LogP contribution in [-0.2, 0) is 22.4 Å². The summed E-state index contributed by atoms with van der Waals surface area (Å²) in [6.07, 6.45) is 2.63. The second kappa shape index (κ2) is 7.06. The Morgan fingerprint density at radius 3 is 2.63 bits per heavy atom. The molecule has 1 aromatic carbocycles. The molecule has 3 nitrogen and oxygen atoms in total. The fourth-order valence-corrected chi connectivity index (χ4v) is 3.00. The fraction of sp³-hybridized carbons (Fsp3) is 0.533. The zero-order chi connectivity index (χ0) is 13.7. The second-order valence-electron chi connectivity index (χ2n) is 5.01. The lowest BCUT2D eigenvalue weighted by molar-refractivity contribution is -0.124. The number of methoxy groups -OCH3 is 1. The van der Waals surface area contributed by atoms with Crippen LogP contribution in [0.4, 0.5) is 0 Å². The van der Waals surface area contributed by atoms with Gasteiger partial charge in [-0.1, -0.05) is 40.2 Å². The third kappa shape index (κ3) is 4.05. The van der Waals surface area contributed by atoms with Crippen molar-refractivity contribution in [2.45, 2.75) is 24.1 Å². The third-order valence-electron chi connectivity index (χ3n) is 3.53. The Balaban J connectivity index is 1.74. The van der Waals surface area contributed by atoms with Gasteiger partial charge in [0, 0.05) is 24.4 Å². The predicted molar refractivity (Wildman–Crippen MR) is 79.6 cm³/mol. The smallest absolute Gasteiger partial charge is 0.223 e. The van der Waals surface area contributed by atoms with Crippen LogP contribution in [0.15, 0.2) is 24.3 Å². The Kier molecular flexibility index (Phi) is 5.40. The molecule has 19 heavy (non-hydrogen) atoms. The average molecular weight is 326 g/mol. The molecule has 0 saturated heterocycles. The van der Waals surface area contributed by atoms with Gasteiger partial charge < -0.3 is 10.1 Å². The molecule has 1 amide bonds. The third-order valence-corrected chi connectivity index (χ3v) is 4.25. The molecule has 0 radical (unpaired) electrons. The molecule has 0 aromatic heterocycles. The zero-order valence-corrected chi connectivity index (χ0v) is 12.8. The number of ether oxygens (including phenoxy) is 1. The fourth-order valence-electron chi connectivity index (χ4n) is 2.50. The number of fused-ring (bicyclic) bond motifs is 1. The van der Waals surface area contributed by atoms with Gasteiger partial charge in [-0.05, 0) is 30.4 Å². The predicted octanol–water partition coefficient (Wildman–Crippen LogP) is 2.32. The van der Waals surface area contributed by atoms with Gasteiger partial charge in [0.2, 0.25) is 5.91 Å². The largest absolute Gasteiger partial charge is 0.384 e. The molecule has 1 atom stereocenters. The zero-order valence-electron chi connectivity index (χ0n) is 11.2. The number of amides is 1. The highest BCUT2D eigenvalue weighted by Crippen LogP contribution is 2.26. The molecule has 0 fully saturated rings. The quantitative estimate of drug-likeness (QED) is 0.815. The van der Waals surface area contributed by atoms with E-state index in [1.54, 1.807) is 7.11 Å². The minimum absolute atomic E-state index is 0.105. The highest BCUT2D eigenvalue weighted by molar-refractivity contribution is 9.09. The van der Waals surface area contributed by atoms with Gasteiger partial charge in [-0.3, -0.25) is 4.79 Å². The first-order valence-corrected chi connectivity index (χ1v) is 7.59. The van der Waals surface area contributed by atoms with Crippen LogP contribution >= 0.6 is 15.9 Å². The standard InChI is InChI=1S/C15H20BrNO2/c1-19-10-14(16)6-7-17-15(18)13-8-11-4-2-3-5-12(11)9-13/h2-5,13-14H,6-10H2,1H3,(H,17,18). The van der Waals surface area contributed by atoms with E-state index in [2.05, 4.69) is 33.4 Å². The van der Waals surface area contributed by atoms with E-state index in [-0.39, 0.29) is 11.8 Å². The Morgan fingerprint density at radius 1 is 1.42 bits per heavy atom. The number of halogens is 1. The van der Waals surface area contributed by atoms with Gasteiger partial charge in [-0.15, -0.1) is 0 Å². The lowest BCUT2D eigenvalue weighted by Gasteiger charge is -2.12. The van der Waals surface area contributed by atoms with E-state index in [1.807, 2.05) is 12.1 Å². The SMILES string of the molecule is COCC(Br)CCNC(=O)C1Cc2ccccc2C1. The minimum Gasteiger partial charge on any atom is -0.384 e. The lowest BCUT2D eigenvalue weighted by Crippen LogP contribution is -2.33. The van der Waals surface area contributed by atoms with Gasteiger partial charge in [0.1, 0.15) is 0 Å². The molecule has 0 saturated carbocycles. The first-order chi connectivity index (χ1) is 9.20. The van der Waals surface area contributed by atoms with Crippen molar-refractivity contribution in [2.75, 3.05) is 20.3 Å². The van der Waals surface area contributed by atoms with Crippen molar-refractivity contribution >= 4 is 21.8 Å². The minimum atomic E-state index is 0.105. The van der Waals surface area contributed by atoms with Crippen LogP contribution in [0.5, 0.6) is 0 Å². The number of hydrogen-bond acceptors (Lipinski definition) is 2. The Labute approximate surface area is 122 Å². The normalized spacial score (nSPS) is 16.1. The van der Waals surface area contributed by atoms with Crippen molar-refractivity contribution in [3.63, 3.8) is 0 Å². The van der Waals surface area contributed by atoms with Crippen LogP contribution in [0.3, 0.4) is 0 Å². The maximum absolute atomic E-state index is 12.1. The summed E-state index contributed by atoms with van der Waals surface area (Å²) in [7, 11) is 1.68. The molecule has 0 heterocycles. The molecule has 0 aliphatic heterocycles. The summed E-state index contributed by atoms with van der Waals surface area (Å²) in [5.74, 6) is 0.280. The van der Waals surface area contributed by atoms with E-state index in [0.29, 0.717) is 18.0 Å². The molecule has 1 unspecified atom stereocenters. The van der Waals surface area contributed by atoms with Crippen molar-refractivity contribution in [1.82, 2.24) is 5.32 Å². The van der Waals surface area contributed by atoms with Gasteiger partial charge in [0.05, 0.1) is 6.61 Å². The second-order valence-corrected chi connectivity index (χ2v) is 6.30. The molecule has 1 aliphatic rings. The van der Waals surface area contributed by atoms with E-state index in [9.17, 15) is 4.79 Å². The van der Waals surface area contributed by atoms with Crippen LogP contribution in [-0.4, -0.2) is 31.0 Å².